The number of nitrogens with zero attached hydrogens (tertiary/aromatic N) is 3. The second kappa shape index (κ2) is 9.61. The molecular weight excluding hydrogens is 496 g/mol. The fourth-order valence-corrected chi connectivity index (χ4v) is 5.15. The summed E-state index contributed by atoms with van der Waals surface area (Å²) in [6.07, 6.45) is 1.91. The summed E-state index contributed by atoms with van der Waals surface area (Å²) in [5.74, 6) is 0.395. The molecule has 0 radical (unpaired) electrons. The standard InChI is InChI=1S/C25H22N6O3S2/c1-16(24(32)28-17-11-13-19(14-12-17)36(26,33)34)35-25-30-29-23(31(25)18-7-3-2-4-8-18)21-15-27-22-10-6-5-9-20(21)22/h2-16,27H,1H3,(H,28,32)(H2,26,33,34). The Morgan fingerprint density at radius 1 is 1.00 bits per heavy atom. The molecule has 182 valence electrons. The molecule has 1 unspecified atom stereocenters. The van der Waals surface area contributed by atoms with Crippen molar-refractivity contribution in [2.75, 3.05) is 5.32 Å². The van der Waals surface area contributed by atoms with Crippen molar-refractivity contribution in [2.24, 2.45) is 5.14 Å². The third-order valence-corrected chi connectivity index (χ3v) is 7.55. The van der Waals surface area contributed by atoms with Gasteiger partial charge < -0.3 is 10.3 Å². The van der Waals surface area contributed by atoms with Gasteiger partial charge in [-0.25, -0.2) is 13.6 Å². The van der Waals surface area contributed by atoms with Gasteiger partial charge in [0.15, 0.2) is 11.0 Å². The van der Waals surface area contributed by atoms with Crippen molar-refractivity contribution >= 4 is 44.3 Å². The Labute approximate surface area is 211 Å². The van der Waals surface area contributed by atoms with E-state index in [4.69, 9.17) is 5.14 Å². The average Bonchev–Trinajstić information content (AvgIpc) is 3.48. The maximum atomic E-state index is 12.9. The Hall–Kier alpha value is -3.93. The first-order valence-corrected chi connectivity index (χ1v) is 13.4. The van der Waals surface area contributed by atoms with Crippen LogP contribution in [0.2, 0.25) is 0 Å². The van der Waals surface area contributed by atoms with E-state index < -0.39 is 15.3 Å². The number of amides is 1. The van der Waals surface area contributed by atoms with Gasteiger partial charge in [-0.05, 0) is 49.4 Å². The van der Waals surface area contributed by atoms with Crippen molar-refractivity contribution in [3.05, 3.63) is 85.1 Å². The molecule has 9 nitrogen and oxygen atoms in total. The average molecular weight is 519 g/mol. The number of H-pyrrole nitrogens is 1. The van der Waals surface area contributed by atoms with Crippen LogP contribution in [-0.4, -0.2) is 39.3 Å². The van der Waals surface area contributed by atoms with E-state index in [2.05, 4.69) is 20.5 Å². The lowest BCUT2D eigenvalue weighted by Crippen LogP contribution is -2.23. The van der Waals surface area contributed by atoms with Crippen molar-refractivity contribution in [2.45, 2.75) is 22.2 Å². The molecule has 11 heteroatoms. The molecule has 5 rings (SSSR count). The highest BCUT2D eigenvalue weighted by Gasteiger charge is 2.23. The molecule has 2 aromatic heterocycles. The SMILES string of the molecule is CC(Sc1nnc(-c2c[nH]c3ccccc23)n1-c1ccccc1)C(=O)Nc1ccc(S(N)(=O)=O)cc1. The molecule has 0 bridgehead atoms. The summed E-state index contributed by atoms with van der Waals surface area (Å²) >= 11 is 1.27. The number of fused-ring (bicyclic) bond motifs is 1. The number of para-hydroxylation sites is 2. The highest BCUT2D eigenvalue weighted by Crippen LogP contribution is 2.33. The molecule has 1 amide bonds. The largest absolute Gasteiger partial charge is 0.360 e. The number of anilines is 1. The summed E-state index contributed by atoms with van der Waals surface area (Å²) in [5.41, 5.74) is 3.23. The predicted octanol–water partition coefficient (Wildman–Crippen LogP) is 4.18. The number of primary sulfonamides is 1. The number of carbonyl (C=O) groups excluding carboxylic acids is 1. The van der Waals surface area contributed by atoms with E-state index in [1.54, 1.807) is 6.92 Å². The first kappa shape index (κ1) is 23.8. The van der Waals surface area contributed by atoms with Gasteiger partial charge in [-0.15, -0.1) is 10.2 Å². The van der Waals surface area contributed by atoms with E-state index >= 15 is 0 Å². The minimum atomic E-state index is -3.80. The topological polar surface area (TPSA) is 136 Å². The Balaban J connectivity index is 1.44. The Kier molecular flexibility index (Phi) is 6.35. The molecule has 36 heavy (non-hydrogen) atoms. The summed E-state index contributed by atoms with van der Waals surface area (Å²) in [6, 6.07) is 23.4. The van der Waals surface area contributed by atoms with Crippen LogP contribution in [0, 0.1) is 0 Å². The van der Waals surface area contributed by atoms with Crippen molar-refractivity contribution in [3.8, 4) is 17.1 Å². The Bertz CT molecular complexity index is 1640. The third kappa shape index (κ3) is 4.76. The normalized spacial score (nSPS) is 12.5. The smallest absolute Gasteiger partial charge is 0.238 e. The lowest BCUT2D eigenvalue weighted by molar-refractivity contribution is -0.115. The highest BCUT2D eigenvalue weighted by atomic mass is 32.2. The van der Waals surface area contributed by atoms with Crippen LogP contribution in [0.3, 0.4) is 0 Å². The number of rotatable bonds is 7. The van der Waals surface area contributed by atoms with Crippen LogP contribution in [0.15, 0.2) is 95.1 Å². The van der Waals surface area contributed by atoms with Crippen LogP contribution in [0.5, 0.6) is 0 Å². The Morgan fingerprint density at radius 2 is 1.69 bits per heavy atom. The van der Waals surface area contributed by atoms with Crippen LogP contribution >= 0.6 is 11.8 Å². The lowest BCUT2D eigenvalue weighted by Gasteiger charge is -2.14. The van der Waals surface area contributed by atoms with Gasteiger partial charge in [0, 0.05) is 34.0 Å². The highest BCUT2D eigenvalue weighted by molar-refractivity contribution is 8.00. The zero-order chi connectivity index (χ0) is 25.3. The molecule has 0 aliphatic heterocycles. The summed E-state index contributed by atoms with van der Waals surface area (Å²) in [4.78, 5) is 16.2. The maximum absolute atomic E-state index is 12.9. The molecule has 4 N–H and O–H groups in total. The molecule has 0 saturated heterocycles. The molecule has 0 spiro atoms. The molecule has 0 aliphatic rings. The minimum Gasteiger partial charge on any atom is -0.360 e. The van der Waals surface area contributed by atoms with Crippen molar-refractivity contribution in [1.29, 1.82) is 0 Å². The maximum Gasteiger partial charge on any atom is 0.238 e. The van der Waals surface area contributed by atoms with Crippen molar-refractivity contribution in [1.82, 2.24) is 19.7 Å². The van der Waals surface area contributed by atoms with Crippen LogP contribution < -0.4 is 10.5 Å². The van der Waals surface area contributed by atoms with E-state index in [1.165, 1.54) is 36.0 Å². The van der Waals surface area contributed by atoms with E-state index in [9.17, 15) is 13.2 Å². The molecule has 1 atom stereocenters. The monoisotopic (exact) mass is 518 g/mol. The molecule has 0 aliphatic carbocycles. The van der Waals surface area contributed by atoms with Gasteiger partial charge in [-0.3, -0.25) is 9.36 Å². The van der Waals surface area contributed by atoms with Gasteiger partial charge in [-0.2, -0.15) is 0 Å². The molecule has 2 heterocycles. The molecule has 0 fully saturated rings. The number of hydrogen-bond acceptors (Lipinski definition) is 6. The quantitative estimate of drug-likeness (QED) is 0.277. The van der Waals surface area contributed by atoms with E-state index in [0.29, 0.717) is 16.7 Å². The van der Waals surface area contributed by atoms with Gasteiger partial charge in [0.25, 0.3) is 0 Å². The number of benzene rings is 3. The van der Waals surface area contributed by atoms with Crippen LogP contribution in [0.25, 0.3) is 28.0 Å². The number of nitrogens with one attached hydrogen (secondary N) is 2. The second-order valence-electron chi connectivity index (χ2n) is 8.04. The van der Waals surface area contributed by atoms with Gasteiger partial charge in [0.2, 0.25) is 15.9 Å². The molecule has 5 aromatic rings. The van der Waals surface area contributed by atoms with E-state index in [1.807, 2.05) is 65.4 Å². The van der Waals surface area contributed by atoms with Gasteiger partial charge in [-0.1, -0.05) is 48.2 Å². The number of aromatic amines is 1. The van der Waals surface area contributed by atoms with E-state index in [-0.39, 0.29) is 10.8 Å². The first-order valence-electron chi connectivity index (χ1n) is 11.0. The molecular formula is C25H22N6O3S2. The zero-order valence-electron chi connectivity index (χ0n) is 19.1. The van der Waals surface area contributed by atoms with Crippen molar-refractivity contribution in [3.63, 3.8) is 0 Å². The van der Waals surface area contributed by atoms with Crippen LogP contribution in [0.4, 0.5) is 5.69 Å². The van der Waals surface area contributed by atoms with Crippen LogP contribution in [0.1, 0.15) is 6.92 Å². The third-order valence-electron chi connectivity index (χ3n) is 5.58. The number of thioether (sulfide) groups is 1. The number of hydrogen-bond donors (Lipinski definition) is 3. The van der Waals surface area contributed by atoms with Crippen LogP contribution in [-0.2, 0) is 14.8 Å². The van der Waals surface area contributed by atoms with Gasteiger partial charge >= 0.3 is 0 Å². The minimum absolute atomic E-state index is 0.0244. The summed E-state index contributed by atoms with van der Waals surface area (Å²) in [5, 5.41) is 17.9. The molecule has 0 saturated carbocycles. The first-order chi connectivity index (χ1) is 17.3. The van der Waals surface area contributed by atoms with Crippen molar-refractivity contribution < 1.29 is 13.2 Å². The second-order valence-corrected chi connectivity index (χ2v) is 10.9. The number of carbonyl (C=O) groups is 1. The fraction of sp³-hybridized carbons (Fsp3) is 0.0800. The molecule has 3 aromatic carbocycles. The number of nitrogens with two attached hydrogens (primary N) is 1. The summed E-state index contributed by atoms with van der Waals surface area (Å²) in [6.45, 7) is 1.77. The lowest BCUT2D eigenvalue weighted by atomic mass is 10.1. The van der Waals surface area contributed by atoms with Gasteiger partial charge in [0.1, 0.15) is 0 Å². The van der Waals surface area contributed by atoms with E-state index in [0.717, 1.165) is 22.2 Å². The van der Waals surface area contributed by atoms with Gasteiger partial charge in [0.05, 0.1) is 10.1 Å². The number of sulfonamides is 1. The summed E-state index contributed by atoms with van der Waals surface area (Å²) in [7, 11) is -3.80. The Morgan fingerprint density at radius 3 is 2.42 bits per heavy atom. The predicted molar refractivity (Wildman–Crippen MR) is 140 cm³/mol. The fourth-order valence-electron chi connectivity index (χ4n) is 3.77. The number of aromatic nitrogens is 4. The zero-order valence-corrected chi connectivity index (χ0v) is 20.8. The summed E-state index contributed by atoms with van der Waals surface area (Å²) < 4.78 is 24.8.